The van der Waals surface area contributed by atoms with Crippen molar-refractivity contribution in [1.29, 1.82) is 0 Å². The summed E-state index contributed by atoms with van der Waals surface area (Å²) in [6.45, 7) is 2.08. The van der Waals surface area contributed by atoms with Crippen molar-refractivity contribution in [2.45, 2.75) is 25.2 Å². The van der Waals surface area contributed by atoms with Gasteiger partial charge in [0, 0.05) is 24.2 Å². The van der Waals surface area contributed by atoms with Crippen molar-refractivity contribution in [2.24, 2.45) is 0 Å². The van der Waals surface area contributed by atoms with Gasteiger partial charge >= 0.3 is 5.97 Å². The predicted molar refractivity (Wildman–Crippen MR) is 127 cm³/mol. The number of hydrogen-bond donors (Lipinski definition) is 0. The highest BCUT2D eigenvalue weighted by Crippen LogP contribution is 2.49. The number of hydrogen-bond acceptors (Lipinski definition) is 4. The fraction of sp³-hybridized carbons (Fsp3) is 0.192. The molecule has 5 nitrogen and oxygen atoms in total. The van der Waals surface area contributed by atoms with Gasteiger partial charge in [0.25, 0.3) is 0 Å². The fourth-order valence-electron chi connectivity index (χ4n) is 4.18. The van der Waals surface area contributed by atoms with E-state index >= 15 is 0 Å². The molecule has 1 atom stereocenters. The molecule has 0 aliphatic carbocycles. The smallest absolute Gasteiger partial charge is 0.330 e. The Hall–Kier alpha value is -3.44. The van der Waals surface area contributed by atoms with E-state index < -0.39 is 11.4 Å². The topological polar surface area (TPSA) is 59.5 Å². The standard InChI is InChI=1S/C26H24N2O3.ClH/c1-2-31-24(29)13-8-16-26(19-20-14-17-27-18-15-20)22-11-6-7-12-23(22)28(25(26)30)21-9-4-3-5-10-21;/h3-15,17-18H,2,16,19H2,1H3;1H. The van der Waals surface area contributed by atoms with Gasteiger partial charge in [-0.25, -0.2) is 4.79 Å². The number of carbonyl (C=O) groups is 2. The second-order valence-electron chi connectivity index (χ2n) is 7.47. The average Bonchev–Trinajstić information content (AvgIpc) is 3.03. The summed E-state index contributed by atoms with van der Waals surface area (Å²) < 4.78 is 5.02. The summed E-state index contributed by atoms with van der Waals surface area (Å²) in [5.41, 5.74) is 2.83. The number of carbonyl (C=O) groups excluding carboxylic acids is 2. The first-order valence-electron chi connectivity index (χ1n) is 10.4. The van der Waals surface area contributed by atoms with Crippen LogP contribution in [0.1, 0.15) is 24.5 Å². The number of pyridine rings is 1. The molecule has 3 aromatic rings. The van der Waals surface area contributed by atoms with E-state index in [1.54, 1.807) is 30.3 Å². The van der Waals surface area contributed by atoms with Crippen LogP contribution in [0, 0.1) is 0 Å². The van der Waals surface area contributed by atoms with Crippen molar-refractivity contribution in [2.75, 3.05) is 11.5 Å². The van der Waals surface area contributed by atoms with Gasteiger partial charge in [-0.05, 0) is 61.2 Å². The number of benzene rings is 2. The van der Waals surface area contributed by atoms with E-state index in [9.17, 15) is 9.59 Å². The summed E-state index contributed by atoms with van der Waals surface area (Å²) in [6.07, 6.45) is 7.52. The number of fused-ring (bicyclic) bond motifs is 1. The predicted octanol–water partition coefficient (Wildman–Crippen LogP) is 5.17. The molecule has 0 saturated heterocycles. The summed E-state index contributed by atoms with van der Waals surface area (Å²) >= 11 is 0. The van der Waals surface area contributed by atoms with Gasteiger partial charge in [0.1, 0.15) is 0 Å². The van der Waals surface area contributed by atoms with Crippen molar-refractivity contribution >= 4 is 35.7 Å². The maximum atomic E-state index is 14.1. The van der Waals surface area contributed by atoms with E-state index in [1.807, 2.05) is 66.7 Å². The number of rotatable bonds is 7. The minimum absolute atomic E-state index is 0. The zero-order valence-electron chi connectivity index (χ0n) is 17.8. The fourth-order valence-corrected chi connectivity index (χ4v) is 4.18. The second kappa shape index (κ2) is 10.2. The molecule has 1 unspecified atom stereocenters. The molecule has 0 spiro atoms. The van der Waals surface area contributed by atoms with Gasteiger partial charge < -0.3 is 4.74 Å². The third kappa shape index (κ3) is 4.43. The molecule has 4 rings (SSSR count). The molecule has 1 amide bonds. The van der Waals surface area contributed by atoms with E-state index in [-0.39, 0.29) is 18.3 Å². The number of nitrogens with zero attached hydrogens (tertiary/aromatic N) is 2. The van der Waals surface area contributed by atoms with Crippen LogP contribution in [0.5, 0.6) is 0 Å². The van der Waals surface area contributed by atoms with Gasteiger partial charge in [0.2, 0.25) is 5.91 Å². The lowest BCUT2D eigenvalue weighted by atomic mass is 9.74. The number of para-hydroxylation sites is 2. The minimum atomic E-state index is -0.837. The summed E-state index contributed by atoms with van der Waals surface area (Å²) in [5, 5.41) is 0. The molecule has 2 aromatic carbocycles. The lowest BCUT2D eigenvalue weighted by Crippen LogP contribution is -2.40. The normalized spacial score (nSPS) is 17.2. The zero-order chi connectivity index (χ0) is 21.7. The molecule has 6 heteroatoms. The molecule has 1 aromatic heterocycles. The highest BCUT2D eigenvalue weighted by Gasteiger charge is 2.50. The van der Waals surface area contributed by atoms with Crippen LogP contribution in [0.4, 0.5) is 11.4 Å². The molecular formula is C26H25ClN2O3. The highest BCUT2D eigenvalue weighted by atomic mass is 35.5. The van der Waals surface area contributed by atoms with Gasteiger partial charge in [-0.3, -0.25) is 14.7 Å². The van der Waals surface area contributed by atoms with Crippen LogP contribution in [0.3, 0.4) is 0 Å². The Bertz CT molecular complexity index is 1100. The van der Waals surface area contributed by atoms with Crippen molar-refractivity contribution in [3.63, 3.8) is 0 Å². The van der Waals surface area contributed by atoms with E-state index in [1.165, 1.54) is 6.08 Å². The second-order valence-corrected chi connectivity index (χ2v) is 7.47. The van der Waals surface area contributed by atoms with Gasteiger partial charge in [-0.1, -0.05) is 42.5 Å². The van der Waals surface area contributed by atoms with Gasteiger partial charge in [0.15, 0.2) is 0 Å². The minimum Gasteiger partial charge on any atom is -0.463 e. The SMILES string of the molecule is CCOC(=O)C=CCC1(Cc2ccncc2)C(=O)N(c2ccccc2)c2ccccc21.Cl. The van der Waals surface area contributed by atoms with Crippen LogP contribution >= 0.6 is 12.4 Å². The van der Waals surface area contributed by atoms with E-state index in [4.69, 9.17) is 4.74 Å². The first-order chi connectivity index (χ1) is 15.2. The quantitative estimate of drug-likeness (QED) is 0.369. The number of allylic oxidation sites excluding steroid dienone is 1. The van der Waals surface area contributed by atoms with Crippen molar-refractivity contribution < 1.29 is 14.3 Å². The molecule has 0 N–H and O–H groups in total. The first-order valence-corrected chi connectivity index (χ1v) is 10.4. The Morgan fingerprint density at radius 2 is 1.72 bits per heavy atom. The average molecular weight is 449 g/mol. The van der Waals surface area contributed by atoms with Crippen LogP contribution < -0.4 is 4.90 Å². The van der Waals surface area contributed by atoms with E-state index in [2.05, 4.69) is 4.98 Å². The van der Waals surface area contributed by atoms with Crippen LogP contribution in [-0.4, -0.2) is 23.5 Å². The van der Waals surface area contributed by atoms with Crippen LogP contribution in [0.15, 0.2) is 91.3 Å². The molecule has 32 heavy (non-hydrogen) atoms. The molecule has 1 aliphatic heterocycles. The van der Waals surface area contributed by atoms with Gasteiger partial charge in [-0.15, -0.1) is 12.4 Å². The van der Waals surface area contributed by atoms with Crippen LogP contribution in [-0.2, 0) is 26.2 Å². The molecule has 0 saturated carbocycles. The third-order valence-electron chi connectivity index (χ3n) is 5.55. The van der Waals surface area contributed by atoms with Crippen molar-refractivity contribution in [1.82, 2.24) is 4.98 Å². The number of ether oxygens (including phenoxy) is 1. The summed E-state index contributed by atoms with van der Waals surface area (Å²) in [5.74, 6) is -0.412. The molecule has 164 valence electrons. The monoisotopic (exact) mass is 448 g/mol. The largest absolute Gasteiger partial charge is 0.463 e. The Morgan fingerprint density at radius 1 is 1.03 bits per heavy atom. The zero-order valence-corrected chi connectivity index (χ0v) is 18.6. The lowest BCUT2D eigenvalue weighted by molar-refractivity contribution is -0.137. The van der Waals surface area contributed by atoms with Crippen LogP contribution in [0.2, 0.25) is 0 Å². The molecule has 0 fully saturated rings. The number of esters is 1. The van der Waals surface area contributed by atoms with E-state index in [0.717, 1.165) is 22.5 Å². The third-order valence-corrected chi connectivity index (χ3v) is 5.55. The molecule has 1 aliphatic rings. The lowest BCUT2D eigenvalue weighted by Gasteiger charge is -2.28. The van der Waals surface area contributed by atoms with E-state index in [0.29, 0.717) is 19.4 Å². The summed E-state index contributed by atoms with van der Waals surface area (Å²) in [7, 11) is 0. The van der Waals surface area contributed by atoms with Crippen LogP contribution in [0.25, 0.3) is 0 Å². The van der Waals surface area contributed by atoms with Crippen molar-refractivity contribution in [3.05, 3.63) is 102 Å². The number of halogens is 1. The number of anilines is 2. The Morgan fingerprint density at radius 3 is 2.44 bits per heavy atom. The maximum absolute atomic E-state index is 14.1. The Kier molecular flexibility index (Phi) is 7.44. The van der Waals surface area contributed by atoms with Gasteiger partial charge in [0.05, 0.1) is 17.7 Å². The molecule has 2 heterocycles. The molecule has 0 bridgehead atoms. The van der Waals surface area contributed by atoms with Gasteiger partial charge in [-0.2, -0.15) is 0 Å². The molecular weight excluding hydrogens is 424 g/mol. The number of aromatic nitrogens is 1. The summed E-state index contributed by atoms with van der Waals surface area (Å²) in [4.78, 5) is 31.8. The Balaban J connectivity index is 0.00000289. The maximum Gasteiger partial charge on any atom is 0.330 e. The molecule has 0 radical (unpaired) electrons. The van der Waals surface area contributed by atoms with Crippen molar-refractivity contribution in [3.8, 4) is 0 Å². The Labute approximate surface area is 194 Å². The number of amides is 1. The summed E-state index contributed by atoms with van der Waals surface area (Å²) in [6, 6.07) is 21.4. The highest BCUT2D eigenvalue weighted by molar-refractivity contribution is 6.13. The first kappa shape index (κ1) is 23.2.